The van der Waals surface area contributed by atoms with E-state index >= 15 is 0 Å². The number of thiophene rings is 19. The van der Waals surface area contributed by atoms with Gasteiger partial charge in [-0.05, 0) is 189 Å². The molecule has 0 unspecified atom stereocenters. The summed E-state index contributed by atoms with van der Waals surface area (Å²) in [6.45, 7) is 0. The largest absolute Gasteiger partial charge is 0.143 e. The molecule has 0 amide bonds. The predicted octanol–water partition coefficient (Wildman–Crippen LogP) is 32.9. The molecule has 0 aliphatic heterocycles. The Hall–Kier alpha value is -5.70. The summed E-state index contributed by atoms with van der Waals surface area (Å²) in [5.74, 6) is 0. The third-order valence-electron chi connectivity index (χ3n) is 16.0. The van der Waals surface area contributed by atoms with Gasteiger partial charge in [0.2, 0.25) is 0 Å². The van der Waals surface area contributed by atoms with Gasteiger partial charge in [0.15, 0.2) is 0 Å². The highest BCUT2D eigenvalue weighted by atomic mass is 32.2. The second kappa shape index (κ2) is 25.9. The highest BCUT2D eigenvalue weighted by Gasteiger charge is 2.36. The lowest BCUT2D eigenvalue weighted by molar-refractivity contribution is 1.79. The zero-order valence-electron chi connectivity index (χ0n) is 48.9. The van der Waals surface area contributed by atoms with E-state index in [4.69, 9.17) is 0 Å². The van der Waals surface area contributed by atoms with Crippen LogP contribution in [-0.4, -0.2) is 0 Å². The molecule has 19 heteroatoms. The second-order valence-electron chi connectivity index (χ2n) is 21.7. The van der Waals surface area contributed by atoms with Gasteiger partial charge in [0, 0.05) is 150 Å². The van der Waals surface area contributed by atoms with Gasteiger partial charge in [-0.1, -0.05) is 48.5 Å². The minimum Gasteiger partial charge on any atom is -0.143 e. The van der Waals surface area contributed by atoms with Crippen LogP contribution in [0.5, 0.6) is 0 Å². The van der Waals surface area contributed by atoms with E-state index in [1.54, 1.807) is 0 Å². The maximum atomic E-state index is 2.45. The van der Waals surface area contributed by atoms with Crippen molar-refractivity contribution in [3.8, 4) is 180 Å². The predicted molar refractivity (Wildman–Crippen MR) is 444 cm³/mol. The molecule has 19 aromatic heterocycles. The monoisotopic (exact) mass is 1560 g/mol. The minimum absolute atomic E-state index is 1.28. The van der Waals surface area contributed by atoms with Crippen LogP contribution in [0.2, 0.25) is 0 Å². The molecule has 0 N–H and O–H groups in total. The van der Waals surface area contributed by atoms with E-state index in [-0.39, 0.29) is 0 Å². The lowest BCUT2D eigenvalue weighted by Crippen LogP contribution is -1.83. The van der Waals surface area contributed by atoms with Crippen molar-refractivity contribution < 1.29 is 0 Å². The SMILES string of the molecule is c1csc(-c2ccc(-c3sc(-c4sc(-c5sc(-c6ccc(-c7cccs7)s6)c(-c6ccc(-c7cccs7)s6)c5-c5ccc(-c6cccs6)s5)c(-c5ccc(-c6cccs6)s5)c4-c4ccc(-c5cccs5)s4)c(-c4ccc(-c5cccs5)s4)c3-c3ccc(-c4cccs4)s3)s2)c1. The zero-order valence-corrected chi connectivity index (χ0v) is 64.4. The summed E-state index contributed by atoms with van der Waals surface area (Å²) in [7, 11) is 0. The van der Waals surface area contributed by atoms with Crippen LogP contribution in [0.25, 0.3) is 180 Å². The van der Waals surface area contributed by atoms with Gasteiger partial charge in [0.25, 0.3) is 0 Å². The Morgan fingerprint density at radius 2 is 0.263 bits per heavy atom. The average molecular weight is 1560 g/mol. The van der Waals surface area contributed by atoms with Crippen molar-refractivity contribution in [2.45, 2.75) is 0 Å². The van der Waals surface area contributed by atoms with Crippen LogP contribution in [0, 0.1) is 0 Å². The summed E-state index contributed by atoms with van der Waals surface area (Å²) in [4.78, 5) is 38.9. The molecule has 0 radical (unpaired) electrons. The number of hydrogen-bond donors (Lipinski definition) is 0. The lowest BCUT2D eigenvalue weighted by Gasteiger charge is -2.09. The molecule has 0 atom stereocenters. The molecular formula is C76H40S19. The van der Waals surface area contributed by atoms with Crippen LogP contribution in [0.4, 0.5) is 0 Å². The number of hydrogen-bond acceptors (Lipinski definition) is 19. The maximum absolute atomic E-state index is 2.45. The first kappa shape index (κ1) is 60.5. The normalized spacial score (nSPS) is 11.8. The second-order valence-corrected chi connectivity index (χ2v) is 41.0. The molecule has 0 nitrogen and oxygen atoms in total. The van der Waals surface area contributed by atoms with E-state index in [0.29, 0.717) is 0 Å². The molecule has 0 bridgehead atoms. The zero-order chi connectivity index (χ0) is 62.5. The van der Waals surface area contributed by atoms with E-state index in [1.165, 1.54) is 180 Å². The molecule has 0 aliphatic rings. The summed E-state index contributed by atoms with van der Waals surface area (Å²) in [5.41, 5.74) is 7.89. The first-order valence-electron chi connectivity index (χ1n) is 29.7. The topological polar surface area (TPSA) is 0 Å². The molecule has 0 aliphatic carbocycles. The average Bonchev–Trinajstić information content (AvgIpc) is 1.56. The van der Waals surface area contributed by atoms with E-state index in [2.05, 4.69) is 237 Å². The van der Waals surface area contributed by atoms with Crippen molar-refractivity contribution in [3.63, 3.8) is 0 Å². The summed E-state index contributed by atoms with van der Waals surface area (Å²) < 4.78 is 0. The van der Waals surface area contributed by atoms with Crippen molar-refractivity contribution in [1.29, 1.82) is 0 Å². The molecule has 458 valence electrons. The summed E-state index contributed by atoms with van der Waals surface area (Å²) in [5, 5.41) is 17.7. The fourth-order valence-electron chi connectivity index (χ4n) is 11.9. The first-order chi connectivity index (χ1) is 47.0. The van der Waals surface area contributed by atoms with Gasteiger partial charge >= 0.3 is 0 Å². The molecule has 19 rings (SSSR count). The van der Waals surface area contributed by atoms with E-state index in [1.807, 2.05) is 215 Å². The molecular weight excluding hydrogens is 1520 g/mol. The van der Waals surface area contributed by atoms with Gasteiger partial charge in [-0.25, -0.2) is 0 Å². The molecule has 19 heterocycles. The Morgan fingerprint density at radius 3 is 0.442 bits per heavy atom. The fraction of sp³-hybridized carbons (Fsp3) is 0. The highest BCUT2D eigenvalue weighted by Crippen LogP contribution is 2.66. The standard InChI is InChI=1S/C76H40S19/c1-9-41(77-33-1)49-17-25-57(85-49)65-67(59-27-19-51(87-59)43-11-3-35-79-43)73(93-71(65)63-31-23-55(91-63)47-15-7-39-83-47)75-69(61-29-21-53(89-61)45-13-5-37-81-45)70(62-30-22-54(90-62)46-14-6-38-82-46)76(95-75)74-68(60-28-20-52(88-60)44-12-4-36-80-44)66(58-26-18-50(86-58)42-10-2-34-78-42)72(94-74)64-32-24-56(92-64)48-16-8-40-84-48/h1-40H. The number of rotatable bonds is 18. The Morgan fingerprint density at radius 1 is 0.116 bits per heavy atom. The van der Waals surface area contributed by atoms with Crippen LogP contribution in [0.15, 0.2) is 237 Å². The van der Waals surface area contributed by atoms with Gasteiger partial charge in [0.05, 0.1) is 29.3 Å². The van der Waals surface area contributed by atoms with Crippen LogP contribution in [0.1, 0.15) is 0 Å². The maximum Gasteiger partial charge on any atom is 0.0549 e. The van der Waals surface area contributed by atoms with Gasteiger partial charge < -0.3 is 0 Å². The van der Waals surface area contributed by atoms with E-state index in [9.17, 15) is 0 Å². The van der Waals surface area contributed by atoms with E-state index < -0.39 is 0 Å². The Labute approximate surface area is 624 Å². The van der Waals surface area contributed by atoms with E-state index in [0.717, 1.165) is 0 Å². The van der Waals surface area contributed by atoms with Gasteiger partial charge in [-0.3, -0.25) is 0 Å². The van der Waals surface area contributed by atoms with Gasteiger partial charge in [-0.15, -0.1) is 215 Å². The smallest absolute Gasteiger partial charge is 0.0549 e. The Kier molecular flexibility index (Phi) is 16.5. The molecule has 0 saturated heterocycles. The molecule has 0 fully saturated rings. The van der Waals surface area contributed by atoms with Crippen molar-refractivity contribution >= 4 is 215 Å². The Bertz CT molecular complexity index is 5410. The molecule has 0 saturated carbocycles. The molecule has 95 heavy (non-hydrogen) atoms. The van der Waals surface area contributed by atoms with Crippen LogP contribution < -0.4 is 0 Å². The van der Waals surface area contributed by atoms with Crippen LogP contribution >= 0.6 is 215 Å². The van der Waals surface area contributed by atoms with Crippen LogP contribution in [-0.2, 0) is 0 Å². The van der Waals surface area contributed by atoms with Crippen molar-refractivity contribution in [3.05, 3.63) is 237 Å². The fourth-order valence-corrected chi connectivity index (χ4v) is 31.8. The third kappa shape index (κ3) is 11.2. The minimum atomic E-state index is 1.28. The quantitative estimate of drug-likeness (QED) is 0.0803. The first-order valence-corrected chi connectivity index (χ1v) is 45.7. The molecule has 19 aromatic rings. The lowest BCUT2D eigenvalue weighted by atomic mass is 9.97. The van der Waals surface area contributed by atoms with Gasteiger partial charge in [0.1, 0.15) is 0 Å². The highest BCUT2D eigenvalue weighted by molar-refractivity contribution is 7.35. The van der Waals surface area contributed by atoms with Crippen molar-refractivity contribution in [2.75, 3.05) is 0 Å². The molecule has 0 spiro atoms. The van der Waals surface area contributed by atoms with Crippen LogP contribution in [0.3, 0.4) is 0 Å². The van der Waals surface area contributed by atoms with Crippen molar-refractivity contribution in [1.82, 2.24) is 0 Å². The third-order valence-corrected chi connectivity index (χ3v) is 37.6. The summed E-state index contributed by atoms with van der Waals surface area (Å²) >= 11 is 36.1. The summed E-state index contributed by atoms with van der Waals surface area (Å²) in [6.07, 6.45) is 0. The Balaban J connectivity index is 0.955. The van der Waals surface area contributed by atoms with Crippen molar-refractivity contribution in [2.24, 2.45) is 0 Å². The van der Waals surface area contributed by atoms with Gasteiger partial charge in [-0.2, -0.15) is 0 Å². The summed E-state index contributed by atoms with van der Waals surface area (Å²) in [6, 6.07) is 74.2. The molecule has 0 aromatic carbocycles.